The Morgan fingerprint density at radius 1 is 1.46 bits per heavy atom. The second kappa shape index (κ2) is 7.02. The lowest BCUT2D eigenvalue weighted by atomic mass is 9.84. The van der Waals surface area contributed by atoms with Crippen molar-refractivity contribution in [2.24, 2.45) is 0 Å². The van der Waals surface area contributed by atoms with Crippen molar-refractivity contribution >= 4 is 27.7 Å². The number of carbonyl (C=O) groups is 1. The minimum Gasteiger partial charge on any atom is -0.444 e. The molecule has 0 unspecified atom stereocenters. The third-order valence-electron chi connectivity index (χ3n) is 4.05. The van der Waals surface area contributed by atoms with Gasteiger partial charge in [-0.3, -0.25) is 0 Å². The van der Waals surface area contributed by atoms with E-state index in [1.54, 1.807) is 4.90 Å². The van der Waals surface area contributed by atoms with Crippen LogP contribution in [0.1, 0.15) is 40.5 Å². The predicted molar refractivity (Wildman–Crippen MR) is 97.7 cm³/mol. The molecule has 1 heterocycles. The zero-order valence-electron chi connectivity index (χ0n) is 14.6. The lowest BCUT2D eigenvalue weighted by Crippen LogP contribution is -2.55. The largest absolute Gasteiger partial charge is 0.444 e. The van der Waals surface area contributed by atoms with Crippen molar-refractivity contribution in [3.63, 3.8) is 0 Å². The van der Waals surface area contributed by atoms with Crippen LogP contribution in [-0.2, 0) is 4.74 Å². The van der Waals surface area contributed by atoms with E-state index in [1.165, 1.54) is 0 Å². The molecule has 0 radical (unpaired) electrons. The first-order valence-electron chi connectivity index (χ1n) is 8.09. The van der Waals surface area contributed by atoms with Gasteiger partial charge in [-0.1, -0.05) is 12.1 Å². The van der Waals surface area contributed by atoms with Crippen LogP contribution in [-0.4, -0.2) is 34.7 Å². The van der Waals surface area contributed by atoms with E-state index in [4.69, 9.17) is 4.74 Å². The summed E-state index contributed by atoms with van der Waals surface area (Å²) < 4.78 is 6.38. The van der Waals surface area contributed by atoms with E-state index < -0.39 is 11.1 Å². The topological polar surface area (TPSA) is 65.4 Å². The quantitative estimate of drug-likeness (QED) is 0.800. The summed E-state index contributed by atoms with van der Waals surface area (Å²) in [6.07, 6.45) is 0.779. The number of halogens is 1. The molecule has 1 fully saturated rings. The molecule has 24 heavy (non-hydrogen) atoms. The molecule has 5 nitrogen and oxygen atoms in total. The highest BCUT2D eigenvalue weighted by Gasteiger charge is 2.41. The van der Waals surface area contributed by atoms with Crippen molar-refractivity contribution < 1.29 is 9.53 Å². The Balaban J connectivity index is 2.11. The third kappa shape index (κ3) is 4.41. The van der Waals surface area contributed by atoms with Gasteiger partial charge in [-0.2, -0.15) is 5.26 Å². The summed E-state index contributed by atoms with van der Waals surface area (Å²) in [6.45, 7) is 8.01. The summed E-state index contributed by atoms with van der Waals surface area (Å²) in [5.74, 6) is 0. The molecule has 1 aromatic rings. The molecule has 0 aromatic heterocycles. The van der Waals surface area contributed by atoms with E-state index >= 15 is 0 Å². The number of nitrogens with zero attached hydrogens (tertiary/aromatic N) is 2. The molecule has 1 amide bonds. The third-order valence-corrected chi connectivity index (χ3v) is 4.74. The number of piperidine rings is 1. The van der Waals surface area contributed by atoms with Crippen molar-refractivity contribution in [1.82, 2.24) is 4.90 Å². The van der Waals surface area contributed by atoms with Gasteiger partial charge >= 0.3 is 6.09 Å². The van der Waals surface area contributed by atoms with Crippen LogP contribution in [0.5, 0.6) is 0 Å². The molecular weight excluding hydrogens is 370 g/mol. The molecule has 1 saturated heterocycles. The highest BCUT2D eigenvalue weighted by molar-refractivity contribution is 9.10. The monoisotopic (exact) mass is 393 g/mol. The normalized spacial score (nSPS) is 24.2. The lowest BCUT2D eigenvalue weighted by molar-refractivity contribution is 0.00879. The van der Waals surface area contributed by atoms with Crippen LogP contribution >= 0.6 is 15.9 Å². The molecule has 0 bridgehead atoms. The van der Waals surface area contributed by atoms with E-state index in [0.29, 0.717) is 19.4 Å². The van der Waals surface area contributed by atoms with Crippen LogP contribution in [0.15, 0.2) is 28.7 Å². The van der Waals surface area contributed by atoms with Crippen molar-refractivity contribution in [1.29, 1.82) is 5.26 Å². The number of anilines is 1. The fourth-order valence-corrected chi connectivity index (χ4v) is 3.29. The molecule has 0 aliphatic carbocycles. The van der Waals surface area contributed by atoms with E-state index in [-0.39, 0.29) is 12.1 Å². The molecular formula is C18H24BrN3O2. The highest BCUT2D eigenvalue weighted by atomic mass is 79.9. The second-order valence-electron chi connectivity index (χ2n) is 7.28. The van der Waals surface area contributed by atoms with Gasteiger partial charge in [0.25, 0.3) is 0 Å². The first kappa shape index (κ1) is 18.6. The molecule has 2 atom stereocenters. The summed E-state index contributed by atoms with van der Waals surface area (Å²) in [5, 5.41) is 13.1. The summed E-state index contributed by atoms with van der Waals surface area (Å²) in [7, 11) is 0. The number of hydrogen-bond donors (Lipinski definition) is 1. The Morgan fingerprint density at radius 2 is 2.12 bits per heavy atom. The number of para-hydroxylation sites is 1. The number of nitriles is 1. The van der Waals surface area contributed by atoms with Crippen LogP contribution < -0.4 is 5.32 Å². The second-order valence-corrected chi connectivity index (χ2v) is 8.13. The van der Waals surface area contributed by atoms with Crippen molar-refractivity contribution in [2.45, 2.75) is 57.7 Å². The van der Waals surface area contributed by atoms with Gasteiger partial charge in [-0.25, -0.2) is 4.79 Å². The maximum Gasteiger partial charge on any atom is 0.410 e. The minimum atomic E-state index is -0.693. The molecule has 6 heteroatoms. The van der Waals surface area contributed by atoms with Gasteiger partial charge in [-0.15, -0.1) is 0 Å². The maximum atomic E-state index is 12.3. The van der Waals surface area contributed by atoms with Crippen molar-refractivity contribution in [2.75, 3.05) is 11.9 Å². The van der Waals surface area contributed by atoms with Gasteiger partial charge in [-0.05, 0) is 55.8 Å². The maximum absolute atomic E-state index is 12.3. The average molecular weight is 394 g/mol. The highest BCUT2D eigenvalue weighted by Crippen LogP contribution is 2.33. The molecule has 0 saturated carbocycles. The Morgan fingerprint density at radius 3 is 2.67 bits per heavy atom. The van der Waals surface area contributed by atoms with E-state index in [9.17, 15) is 10.1 Å². The van der Waals surface area contributed by atoms with Crippen LogP contribution in [0.4, 0.5) is 10.5 Å². The van der Waals surface area contributed by atoms with E-state index in [1.807, 2.05) is 52.0 Å². The SMILES string of the molecule is C[C@@H]1C[C@@](C#N)(Nc2ccccc2Br)CCN1C(=O)OC(C)(C)C. The number of amides is 1. The van der Waals surface area contributed by atoms with Gasteiger partial charge < -0.3 is 15.0 Å². The summed E-state index contributed by atoms with van der Waals surface area (Å²) in [6, 6.07) is 10.1. The Kier molecular flexibility index (Phi) is 5.44. The standard InChI is InChI=1S/C18H24BrN3O2/c1-13-11-18(12-20,21-15-8-6-5-7-14(15)19)9-10-22(13)16(23)24-17(2,3)4/h5-8,13,21H,9-11H2,1-4H3/t13-,18+/m1/s1. The van der Waals surface area contributed by atoms with Crippen molar-refractivity contribution in [3.8, 4) is 6.07 Å². The van der Waals surface area contributed by atoms with Gasteiger partial charge in [0.2, 0.25) is 0 Å². The van der Waals surface area contributed by atoms with E-state index in [2.05, 4.69) is 27.3 Å². The molecule has 1 aliphatic heterocycles. The molecule has 0 spiro atoms. The Bertz CT molecular complexity index is 650. The number of hydrogen-bond acceptors (Lipinski definition) is 4. The smallest absolute Gasteiger partial charge is 0.410 e. The van der Waals surface area contributed by atoms with Gasteiger partial charge in [0.15, 0.2) is 0 Å². The number of likely N-dealkylation sites (tertiary alicyclic amines) is 1. The van der Waals surface area contributed by atoms with Crippen LogP contribution in [0.3, 0.4) is 0 Å². The number of nitrogens with one attached hydrogen (secondary N) is 1. The first-order chi connectivity index (χ1) is 11.2. The average Bonchev–Trinajstić information content (AvgIpc) is 2.48. The minimum absolute atomic E-state index is 0.0803. The molecule has 1 aromatic carbocycles. The molecule has 1 aliphatic rings. The molecule has 2 rings (SSSR count). The number of rotatable bonds is 2. The van der Waals surface area contributed by atoms with Gasteiger partial charge in [0.1, 0.15) is 11.1 Å². The fraction of sp³-hybridized carbons (Fsp3) is 0.556. The Labute approximate surface area is 152 Å². The van der Waals surface area contributed by atoms with E-state index in [0.717, 1.165) is 10.2 Å². The van der Waals surface area contributed by atoms with Crippen LogP contribution in [0.2, 0.25) is 0 Å². The zero-order chi connectivity index (χ0) is 18.0. The fourth-order valence-electron chi connectivity index (χ4n) is 2.90. The summed E-state index contributed by atoms with van der Waals surface area (Å²) >= 11 is 3.50. The zero-order valence-corrected chi connectivity index (χ0v) is 16.2. The van der Waals surface area contributed by atoms with Crippen LogP contribution in [0.25, 0.3) is 0 Å². The number of ether oxygens (including phenoxy) is 1. The van der Waals surface area contributed by atoms with Gasteiger partial charge in [0, 0.05) is 35.6 Å². The number of carbonyl (C=O) groups excluding carboxylic acids is 1. The first-order valence-corrected chi connectivity index (χ1v) is 8.89. The Hall–Kier alpha value is -1.74. The summed E-state index contributed by atoms with van der Waals surface area (Å²) in [4.78, 5) is 14.0. The molecule has 130 valence electrons. The van der Waals surface area contributed by atoms with Gasteiger partial charge in [0.05, 0.1) is 6.07 Å². The number of benzene rings is 1. The van der Waals surface area contributed by atoms with Crippen LogP contribution in [0, 0.1) is 11.3 Å². The predicted octanol–water partition coefficient (Wildman–Crippen LogP) is 4.54. The summed E-state index contributed by atoms with van der Waals surface area (Å²) in [5.41, 5.74) is -0.327. The molecule has 1 N–H and O–H groups in total. The van der Waals surface area contributed by atoms with Crippen molar-refractivity contribution in [3.05, 3.63) is 28.7 Å². The lowest BCUT2D eigenvalue weighted by Gasteiger charge is -2.43.